The molecular weight excluding hydrogens is 450 g/mol. The summed E-state index contributed by atoms with van der Waals surface area (Å²) in [6.45, 7) is 7.44. The van der Waals surface area contributed by atoms with Gasteiger partial charge in [0.15, 0.2) is 0 Å². The largest absolute Gasteiger partial charge is 0.361 e. The van der Waals surface area contributed by atoms with Crippen molar-refractivity contribution in [1.82, 2.24) is 9.97 Å². The summed E-state index contributed by atoms with van der Waals surface area (Å²) in [7, 11) is 0.514. The molecule has 180 valence electrons. The minimum absolute atomic E-state index is 0.366. The summed E-state index contributed by atoms with van der Waals surface area (Å²) in [6.07, 6.45) is 14.3. The summed E-state index contributed by atoms with van der Waals surface area (Å²) in [5, 5.41) is 0.366. The van der Waals surface area contributed by atoms with Crippen LogP contribution in [0.1, 0.15) is 76.1 Å². The Bertz CT molecular complexity index is 1020. The molecule has 0 spiro atoms. The standard InChI is InChI=1S/C30H40N2P2/c1-29(2,3)33-28(30-17-21-14-22(18-30)16-23(15-21)19-30)25-9-5-4-8-24(25)20-34(26-10-6-12-31-26)27-11-7-13-32-27/h4-13,21-23,28,31-33H,14-20H2,1-3H3. The first-order valence-corrected chi connectivity index (χ1v) is 15.9. The van der Waals surface area contributed by atoms with Crippen LogP contribution in [-0.4, -0.2) is 15.1 Å². The van der Waals surface area contributed by atoms with E-state index in [0.717, 1.165) is 32.5 Å². The first kappa shape index (κ1) is 23.1. The third kappa shape index (κ3) is 4.47. The fourth-order valence-electron chi connectivity index (χ4n) is 7.93. The molecule has 4 fully saturated rings. The van der Waals surface area contributed by atoms with Gasteiger partial charge in [0.2, 0.25) is 0 Å². The molecule has 4 aliphatic carbocycles. The van der Waals surface area contributed by atoms with Crippen LogP contribution in [0.15, 0.2) is 60.9 Å². The molecule has 2 atom stereocenters. The molecule has 2 heterocycles. The zero-order valence-corrected chi connectivity index (χ0v) is 22.9. The van der Waals surface area contributed by atoms with Crippen LogP contribution in [0, 0.1) is 23.2 Å². The van der Waals surface area contributed by atoms with E-state index in [1.807, 2.05) is 0 Å². The van der Waals surface area contributed by atoms with Gasteiger partial charge in [-0.15, -0.1) is 8.58 Å². The van der Waals surface area contributed by atoms with Crippen molar-refractivity contribution in [2.75, 3.05) is 0 Å². The van der Waals surface area contributed by atoms with Gasteiger partial charge in [0.1, 0.15) is 0 Å². The van der Waals surface area contributed by atoms with Gasteiger partial charge in [0.25, 0.3) is 0 Å². The van der Waals surface area contributed by atoms with Gasteiger partial charge in [-0.3, -0.25) is 0 Å². The van der Waals surface area contributed by atoms with E-state index in [1.165, 1.54) is 49.4 Å². The van der Waals surface area contributed by atoms with Crippen molar-refractivity contribution >= 4 is 27.4 Å². The number of nitrogens with one attached hydrogen (secondary N) is 2. The predicted octanol–water partition coefficient (Wildman–Crippen LogP) is 7.71. The Morgan fingerprint density at radius 1 is 0.853 bits per heavy atom. The van der Waals surface area contributed by atoms with Crippen molar-refractivity contribution in [3.63, 3.8) is 0 Å². The van der Waals surface area contributed by atoms with E-state index in [2.05, 4.69) is 91.7 Å². The van der Waals surface area contributed by atoms with E-state index in [1.54, 1.807) is 11.1 Å². The van der Waals surface area contributed by atoms with Crippen molar-refractivity contribution < 1.29 is 0 Å². The monoisotopic (exact) mass is 490 g/mol. The molecule has 7 rings (SSSR count). The van der Waals surface area contributed by atoms with Crippen LogP contribution in [0.3, 0.4) is 0 Å². The fraction of sp³-hybridized carbons (Fsp3) is 0.533. The van der Waals surface area contributed by atoms with Crippen molar-refractivity contribution in [3.05, 3.63) is 72.1 Å². The zero-order valence-electron chi connectivity index (χ0n) is 21.0. The quantitative estimate of drug-likeness (QED) is 0.318. The molecule has 0 saturated heterocycles. The molecule has 0 aliphatic heterocycles. The number of hydrogen-bond donors (Lipinski definition) is 2. The normalized spacial score (nSPS) is 29.5. The summed E-state index contributed by atoms with van der Waals surface area (Å²) in [5.41, 5.74) is 7.27. The second-order valence-electron chi connectivity index (χ2n) is 12.5. The van der Waals surface area contributed by atoms with E-state index in [4.69, 9.17) is 0 Å². The highest BCUT2D eigenvalue weighted by atomic mass is 31.1. The Balaban J connectivity index is 1.40. The smallest absolute Gasteiger partial charge is 0.0448 e. The third-order valence-corrected chi connectivity index (χ3v) is 13.2. The van der Waals surface area contributed by atoms with Gasteiger partial charge in [0, 0.05) is 35.1 Å². The molecule has 4 heteroatoms. The fourth-order valence-corrected chi connectivity index (χ4v) is 12.1. The topological polar surface area (TPSA) is 31.6 Å². The first-order chi connectivity index (χ1) is 16.4. The molecule has 2 unspecified atom stereocenters. The number of aromatic nitrogens is 2. The van der Waals surface area contributed by atoms with Gasteiger partial charge in [-0.25, -0.2) is 0 Å². The molecule has 2 aromatic heterocycles. The highest BCUT2D eigenvalue weighted by molar-refractivity contribution is 7.71. The summed E-state index contributed by atoms with van der Waals surface area (Å²) < 4.78 is 0. The van der Waals surface area contributed by atoms with Gasteiger partial charge in [-0.1, -0.05) is 45.0 Å². The maximum Gasteiger partial charge on any atom is 0.0448 e. The van der Waals surface area contributed by atoms with E-state index in [9.17, 15) is 0 Å². The van der Waals surface area contributed by atoms with Crippen molar-refractivity contribution in [2.45, 2.75) is 76.3 Å². The third-order valence-electron chi connectivity index (χ3n) is 8.71. The highest BCUT2D eigenvalue weighted by Crippen LogP contribution is 2.69. The van der Waals surface area contributed by atoms with Crippen molar-refractivity contribution in [3.8, 4) is 0 Å². The molecule has 2 N–H and O–H groups in total. The molecule has 0 amide bonds. The minimum Gasteiger partial charge on any atom is -0.361 e. The Hall–Kier alpha value is -1.36. The lowest BCUT2D eigenvalue weighted by Gasteiger charge is -2.60. The predicted molar refractivity (Wildman–Crippen MR) is 149 cm³/mol. The first-order valence-electron chi connectivity index (χ1n) is 13.3. The Morgan fingerprint density at radius 2 is 1.41 bits per heavy atom. The lowest BCUT2D eigenvalue weighted by atomic mass is 9.48. The summed E-state index contributed by atoms with van der Waals surface area (Å²) in [5.74, 6) is 3.00. The second kappa shape index (κ2) is 8.94. The zero-order chi connectivity index (χ0) is 23.3. The van der Waals surface area contributed by atoms with Crippen LogP contribution in [0.5, 0.6) is 0 Å². The van der Waals surface area contributed by atoms with Crippen molar-refractivity contribution in [2.24, 2.45) is 23.2 Å². The van der Waals surface area contributed by atoms with Gasteiger partial charge in [0.05, 0.1) is 0 Å². The van der Waals surface area contributed by atoms with Crippen molar-refractivity contribution in [1.29, 1.82) is 0 Å². The van der Waals surface area contributed by atoms with Gasteiger partial charge >= 0.3 is 0 Å². The number of rotatable bonds is 7. The van der Waals surface area contributed by atoms with Crippen LogP contribution in [0.4, 0.5) is 0 Å². The van der Waals surface area contributed by atoms with E-state index in [-0.39, 0.29) is 0 Å². The van der Waals surface area contributed by atoms with Crippen LogP contribution >= 0.6 is 16.5 Å². The van der Waals surface area contributed by atoms with Crippen LogP contribution < -0.4 is 10.9 Å². The Morgan fingerprint density at radius 3 is 1.91 bits per heavy atom. The highest BCUT2D eigenvalue weighted by Gasteiger charge is 2.55. The van der Waals surface area contributed by atoms with Gasteiger partial charge in [-0.05, 0) is 110 Å². The lowest BCUT2D eigenvalue weighted by molar-refractivity contribution is -0.0548. The SMILES string of the molecule is CC(C)(C)PC(c1ccccc1CP(c1ccc[nH]1)c1ccc[nH]1)C12CC3CC(CC(C3)C1)C2. The maximum atomic E-state index is 3.55. The Labute approximate surface area is 208 Å². The van der Waals surface area contributed by atoms with Crippen LogP contribution in [-0.2, 0) is 6.16 Å². The number of aromatic amines is 2. The lowest BCUT2D eigenvalue weighted by Crippen LogP contribution is -2.48. The number of benzene rings is 1. The maximum absolute atomic E-state index is 3.55. The average molecular weight is 491 g/mol. The van der Waals surface area contributed by atoms with E-state index < -0.39 is 7.92 Å². The summed E-state index contributed by atoms with van der Waals surface area (Å²) >= 11 is 0. The summed E-state index contributed by atoms with van der Waals surface area (Å²) in [4.78, 5) is 7.10. The molecule has 4 saturated carbocycles. The van der Waals surface area contributed by atoms with Gasteiger partial charge < -0.3 is 9.97 Å². The molecular formula is C30H40N2P2. The van der Waals surface area contributed by atoms with E-state index in [0.29, 0.717) is 16.2 Å². The van der Waals surface area contributed by atoms with E-state index >= 15 is 0 Å². The number of hydrogen-bond acceptors (Lipinski definition) is 0. The molecule has 1 aromatic carbocycles. The van der Waals surface area contributed by atoms with Crippen LogP contribution in [0.25, 0.3) is 0 Å². The summed E-state index contributed by atoms with van der Waals surface area (Å²) in [6, 6.07) is 18.5. The Kier molecular flexibility index (Phi) is 6.06. The van der Waals surface area contributed by atoms with Crippen LogP contribution in [0.2, 0.25) is 0 Å². The number of H-pyrrole nitrogens is 2. The molecule has 3 aromatic rings. The molecule has 34 heavy (non-hydrogen) atoms. The average Bonchev–Trinajstić information content (AvgIpc) is 3.49. The molecule has 2 nitrogen and oxygen atoms in total. The second-order valence-corrected chi connectivity index (χ2v) is 17.0. The molecule has 0 radical (unpaired) electrons. The minimum atomic E-state index is -0.468. The molecule has 4 bridgehead atoms. The van der Waals surface area contributed by atoms with Gasteiger partial charge in [-0.2, -0.15) is 0 Å². The molecule has 4 aliphatic rings.